The van der Waals surface area contributed by atoms with Crippen molar-refractivity contribution in [2.24, 2.45) is 0 Å². The van der Waals surface area contributed by atoms with Crippen molar-refractivity contribution in [2.75, 3.05) is 49.4 Å². The van der Waals surface area contributed by atoms with Gasteiger partial charge in [-0.3, -0.25) is 0 Å². The van der Waals surface area contributed by atoms with Crippen molar-refractivity contribution >= 4 is 73.0 Å². The normalized spacial score (nSPS) is 12.5. The molecule has 10 heteroatoms. The maximum absolute atomic E-state index is 6.82. The molecule has 0 aliphatic carbocycles. The first kappa shape index (κ1) is 64.5. The molecule has 88 heavy (non-hydrogen) atoms. The van der Waals surface area contributed by atoms with E-state index in [2.05, 4.69) is 182 Å². The average Bonchev–Trinajstić information content (AvgIpc) is 1.78. The van der Waals surface area contributed by atoms with Gasteiger partial charge in [-0.2, -0.15) is 0 Å². The first-order chi connectivity index (χ1) is 43.5. The van der Waals surface area contributed by atoms with Crippen LogP contribution in [-0.4, -0.2) is 68.6 Å². The van der Waals surface area contributed by atoms with Crippen LogP contribution in [0.15, 0.2) is 159 Å². The van der Waals surface area contributed by atoms with Gasteiger partial charge in [0.1, 0.15) is 0 Å². The Hall–Kier alpha value is -6.48. The van der Waals surface area contributed by atoms with E-state index in [9.17, 15) is 0 Å². The number of aryl methyl sites for hydroxylation is 4. The largest absolute Gasteiger partial charge is 0.0561 e. The molecule has 0 saturated heterocycles. The van der Waals surface area contributed by atoms with E-state index in [0.29, 0.717) is 39.6 Å². The monoisotopic (exact) mass is 1310 g/mol. The van der Waals surface area contributed by atoms with Gasteiger partial charge in [0.25, 0.3) is 0 Å². The number of ether oxygens (including phenoxy) is 6. The third-order valence-electron chi connectivity index (χ3n) is 16.8. The molecular weight excluding hydrogens is 1220 g/mol. The number of fused-ring (bicyclic) bond motifs is 2. The zero-order valence-corrected chi connectivity index (χ0v) is 55.8. The molecular formula is C78H92N2O6Se2. The molecule has 2 aromatic heterocycles. The molecule has 0 spiro atoms. The predicted molar refractivity (Wildman–Crippen MR) is 370 cm³/mol. The molecule has 0 bridgehead atoms. The molecule has 8 aromatic rings. The number of benzene rings is 6. The van der Waals surface area contributed by atoms with Crippen LogP contribution >= 0.6 is 0 Å². The number of hydrogen-bond acceptors (Lipinski definition) is 8. The summed E-state index contributed by atoms with van der Waals surface area (Å²) in [5.41, 5.74) is 14.6. The molecule has 0 saturated carbocycles. The van der Waals surface area contributed by atoms with Gasteiger partial charge in [-0.25, -0.2) is 0 Å². The minimum Gasteiger partial charge on any atom is -0.0561 e. The van der Waals surface area contributed by atoms with Crippen molar-refractivity contribution in [2.45, 2.75) is 155 Å². The second-order valence-electron chi connectivity index (χ2n) is 23.5. The van der Waals surface area contributed by atoms with E-state index in [1.165, 1.54) is 106 Å². The van der Waals surface area contributed by atoms with E-state index in [-0.39, 0.29) is 29.0 Å². The summed E-state index contributed by atoms with van der Waals surface area (Å²) in [5, 5.41) is 0. The molecule has 0 amide bonds. The van der Waals surface area contributed by atoms with Crippen LogP contribution in [0.2, 0.25) is 0 Å². The average molecular weight is 1310 g/mol. The number of rotatable bonds is 37. The number of unbranched alkanes of at least 4 members (excludes halogenated alkanes) is 12. The fourth-order valence-electron chi connectivity index (χ4n) is 11.6. The van der Waals surface area contributed by atoms with Crippen LogP contribution in [-0.2, 0) is 48.4 Å². The summed E-state index contributed by atoms with van der Waals surface area (Å²) in [6, 6.07) is 54.1. The Morgan fingerprint density at radius 1 is 0.352 bits per heavy atom. The van der Waals surface area contributed by atoms with Crippen molar-refractivity contribution in [3.05, 3.63) is 203 Å². The zero-order valence-electron chi connectivity index (χ0n) is 52.4. The van der Waals surface area contributed by atoms with Gasteiger partial charge < -0.3 is 9.47 Å². The maximum Gasteiger partial charge on any atom is -0.0546 e. The van der Waals surface area contributed by atoms with Gasteiger partial charge in [0.15, 0.2) is 0 Å². The zero-order chi connectivity index (χ0) is 60.5. The first-order valence-corrected chi connectivity index (χ1v) is 36.3. The Balaban J connectivity index is 0.890. The smallest absolute Gasteiger partial charge is 0.0546 e. The van der Waals surface area contributed by atoms with E-state index in [1.807, 2.05) is 12.2 Å². The number of hydrogen-bond donors (Lipinski definition) is 0. The summed E-state index contributed by atoms with van der Waals surface area (Å²) < 4.78 is 44.0. The molecule has 0 unspecified atom stereocenters. The molecule has 0 fully saturated rings. The van der Waals surface area contributed by atoms with Crippen LogP contribution in [0.1, 0.15) is 161 Å². The molecule has 0 N–H and O–H groups in total. The topological polar surface area (TPSA) is 61.9 Å². The molecule has 8 nitrogen and oxygen atoms in total. The summed E-state index contributed by atoms with van der Waals surface area (Å²) in [5.74, 6) is 3.40. The van der Waals surface area contributed by atoms with E-state index >= 15 is 0 Å². The molecule has 6 aromatic carbocycles. The van der Waals surface area contributed by atoms with Gasteiger partial charge in [-0.05, 0) is 22.3 Å². The molecule has 2 aliphatic heterocycles. The Bertz CT molecular complexity index is 3140. The third kappa shape index (κ3) is 17.9. The van der Waals surface area contributed by atoms with Crippen LogP contribution in [0.3, 0.4) is 0 Å². The van der Waals surface area contributed by atoms with Gasteiger partial charge in [-0.1, -0.05) is 73.8 Å². The standard InChI is InChI=1S/C78H92N2O6Se2/c1-5-9-11-17-23-61-35-43-67(44-36-61)79(69-47-39-63(40-48-69)25-19-13-15-21-51-81-57-65-31-27-59(7-3)28-32-65)77-73-71(83-53-55-85-73)75(87-77)76-72-74(86-56-54-84-72)78(88-76)80(68-45-37-62(38-46-68)24-18-12-10-6-2)70-49-41-64(42-50-70)26-20-14-16-22-52-82-58-66-33-29-60(8-4)30-34-66/h7-8,27-50H,3-6,9-26,51-58H2,1-2H3. The first-order valence-electron chi connectivity index (χ1n) is 32.9. The molecule has 0 radical (unpaired) electrons. The molecule has 4 heterocycles. The van der Waals surface area contributed by atoms with Gasteiger partial charge in [-0.15, -0.1) is 0 Å². The van der Waals surface area contributed by atoms with Crippen LogP contribution in [0.4, 0.5) is 31.9 Å². The third-order valence-corrected chi connectivity index (χ3v) is 22.3. The van der Waals surface area contributed by atoms with Gasteiger partial charge in [0, 0.05) is 0 Å². The Morgan fingerprint density at radius 2 is 0.636 bits per heavy atom. The fourth-order valence-corrected chi connectivity index (χ4v) is 17.5. The summed E-state index contributed by atoms with van der Waals surface area (Å²) in [6.45, 7) is 17.1. The summed E-state index contributed by atoms with van der Waals surface area (Å²) in [7, 11) is 0. The second-order valence-corrected chi connectivity index (χ2v) is 27.7. The second kappa shape index (κ2) is 34.5. The van der Waals surface area contributed by atoms with E-state index in [4.69, 9.17) is 28.4 Å². The quantitative estimate of drug-likeness (QED) is 0.0282. The number of anilines is 6. The summed E-state index contributed by atoms with van der Waals surface area (Å²) in [4.78, 5) is 4.91. The molecule has 0 atom stereocenters. The van der Waals surface area contributed by atoms with E-state index in [1.54, 1.807) is 0 Å². The molecule has 462 valence electrons. The van der Waals surface area contributed by atoms with Crippen molar-refractivity contribution in [3.63, 3.8) is 0 Å². The van der Waals surface area contributed by atoms with Gasteiger partial charge in [0.05, 0.1) is 13.2 Å². The Kier molecular flexibility index (Phi) is 25.3. The van der Waals surface area contributed by atoms with E-state index < -0.39 is 0 Å². The maximum atomic E-state index is 6.82. The van der Waals surface area contributed by atoms with Crippen molar-refractivity contribution in [3.8, 4) is 31.9 Å². The SMILES string of the molecule is C=Cc1ccc(COCCCCCCc2ccc(N(c3ccc(CCCCCC)cc3)c3[se]c(-c4[se]c(N(c5ccc(CCCCCC)cc5)c5ccc(CCCCCCOCc6ccc(C=C)cc6)cc5)c5c4OCCO5)c4c3OCCO4)cc2)cc1. The summed E-state index contributed by atoms with van der Waals surface area (Å²) >= 11 is -0.426. The van der Waals surface area contributed by atoms with Gasteiger partial charge >= 0.3 is 423 Å². The fraction of sp³-hybridized carbons (Fsp3) is 0.385. The molecule has 2 aliphatic rings. The van der Waals surface area contributed by atoms with Gasteiger partial charge in [0.2, 0.25) is 0 Å². The van der Waals surface area contributed by atoms with Crippen LogP contribution in [0.5, 0.6) is 23.0 Å². The van der Waals surface area contributed by atoms with Crippen molar-refractivity contribution < 1.29 is 28.4 Å². The van der Waals surface area contributed by atoms with E-state index in [0.717, 1.165) is 143 Å². The van der Waals surface area contributed by atoms with Crippen molar-refractivity contribution in [1.29, 1.82) is 0 Å². The Labute approximate surface area is 538 Å². The minimum absolute atomic E-state index is 0.213. The van der Waals surface area contributed by atoms with Crippen LogP contribution < -0.4 is 28.7 Å². The summed E-state index contributed by atoms with van der Waals surface area (Å²) in [6.07, 6.45) is 27.1. The number of nitrogens with zero attached hydrogens (tertiary/aromatic N) is 2. The van der Waals surface area contributed by atoms with Crippen molar-refractivity contribution in [1.82, 2.24) is 0 Å². The van der Waals surface area contributed by atoms with Crippen LogP contribution in [0.25, 0.3) is 21.0 Å². The van der Waals surface area contributed by atoms with Crippen LogP contribution in [0, 0.1) is 0 Å². The minimum atomic E-state index is -0.213. The predicted octanol–water partition coefficient (Wildman–Crippen LogP) is 20.1. The molecule has 10 rings (SSSR count). The Morgan fingerprint density at radius 3 is 0.943 bits per heavy atom.